The molecular formula is C7H7ClN4O2. The third-order valence-electron chi connectivity index (χ3n) is 1.73. The molecular weight excluding hydrogens is 208 g/mol. The summed E-state index contributed by atoms with van der Waals surface area (Å²) >= 11 is 5.57. The smallest absolute Gasteiger partial charge is 0.260 e. The number of nitrogens with two attached hydrogens (primary N) is 1. The van der Waals surface area contributed by atoms with Crippen LogP contribution in [0.15, 0.2) is 0 Å². The molecule has 74 valence electrons. The van der Waals surface area contributed by atoms with Crippen LogP contribution in [0.1, 0.15) is 10.4 Å². The monoisotopic (exact) mass is 214 g/mol. The van der Waals surface area contributed by atoms with Crippen LogP contribution in [0.4, 0.5) is 5.82 Å². The Morgan fingerprint density at radius 3 is 3.07 bits per heavy atom. The summed E-state index contributed by atoms with van der Waals surface area (Å²) in [5, 5.41) is 2.56. The van der Waals surface area contributed by atoms with Gasteiger partial charge in [-0.05, 0) is 11.6 Å². The molecule has 0 aliphatic carbocycles. The van der Waals surface area contributed by atoms with Crippen LogP contribution in [0.3, 0.4) is 0 Å². The molecule has 1 aliphatic heterocycles. The van der Waals surface area contributed by atoms with E-state index in [1.54, 1.807) is 0 Å². The lowest BCUT2D eigenvalue weighted by molar-refractivity contribution is 0.0957. The van der Waals surface area contributed by atoms with Crippen molar-refractivity contribution in [3.8, 4) is 5.88 Å². The molecule has 0 saturated carbocycles. The molecule has 1 aromatic rings. The lowest BCUT2D eigenvalue weighted by Gasteiger charge is -2.05. The summed E-state index contributed by atoms with van der Waals surface area (Å²) in [6, 6.07) is 0. The molecule has 1 aromatic heterocycles. The van der Waals surface area contributed by atoms with E-state index < -0.39 is 0 Å². The van der Waals surface area contributed by atoms with E-state index in [4.69, 9.17) is 22.1 Å². The maximum Gasteiger partial charge on any atom is 0.260 e. The molecule has 1 aliphatic rings. The number of amides is 1. The van der Waals surface area contributed by atoms with Crippen LogP contribution >= 0.6 is 11.6 Å². The number of nitrogen functional groups attached to an aromatic ring is 1. The minimum atomic E-state index is -0.341. The predicted molar refractivity (Wildman–Crippen MR) is 49.3 cm³/mol. The van der Waals surface area contributed by atoms with Crippen LogP contribution in [0.25, 0.3) is 0 Å². The lowest BCUT2D eigenvalue weighted by atomic mass is 10.3. The number of hydrogen-bond donors (Lipinski definition) is 2. The van der Waals surface area contributed by atoms with Crippen molar-refractivity contribution in [3.05, 3.63) is 10.8 Å². The van der Waals surface area contributed by atoms with Gasteiger partial charge in [0.15, 0.2) is 0 Å². The highest BCUT2D eigenvalue weighted by Gasteiger charge is 2.22. The summed E-state index contributed by atoms with van der Waals surface area (Å²) in [5.74, 6) is -0.177. The molecule has 14 heavy (non-hydrogen) atoms. The van der Waals surface area contributed by atoms with Crippen LogP contribution in [0.5, 0.6) is 5.88 Å². The predicted octanol–water partition coefficient (Wildman–Crippen LogP) is -0.166. The van der Waals surface area contributed by atoms with Crippen molar-refractivity contribution >= 4 is 23.3 Å². The molecule has 0 unspecified atom stereocenters. The Balaban J connectivity index is 2.58. The first kappa shape index (κ1) is 9.01. The third kappa shape index (κ3) is 1.44. The van der Waals surface area contributed by atoms with Crippen molar-refractivity contribution in [1.29, 1.82) is 0 Å². The van der Waals surface area contributed by atoms with Gasteiger partial charge in [0.2, 0.25) is 11.2 Å². The fourth-order valence-electron chi connectivity index (χ4n) is 1.15. The van der Waals surface area contributed by atoms with E-state index in [2.05, 4.69) is 15.3 Å². The Bertz CT molecular complexity index is 396. The Morgan fingerprint density at radius 2 is 2.29 bits per heavy atom. The van der Waals surface area contributed by atoms with E-state index in [9.17, 15) is 4.79 Å². The van der Waals surface area contributed by atoms with Crippen LogP contribution in [0.2, 0.25) is 5.28 Å². The summed E-state index contributed by atoms with van der Waals surface area (Å²) in [6.07, 6.45) is 0. The first-order valence-electron chi connectivity index (χ1n) is 3.92. The number of carbonyl (C=O) groups is 1. The van der Waals surface area contributed by atoms with Gasteiger partial charge < -0.3 is 15.8 Å². The second-order valence-corrected chi connectivity index (χ2v) is 3.00. The van der Waals surface area contributed by atoms with E-state index in [0.717, 1.165) is 0 Å². The fraction of sp³-hybridized carbons (Fsp3) is 0.286. The SMILES string of the molecule is Nc1nc(Cl)nc2c1C(=O)NCCO2. The van der Waals surface area contributed by atoms with Crippen molar-refractivity contribution < 1.29 is 9.53 Å². The van der Waals surface area contributed by atoms with Gasteiger partial charge in [0.25, 0.3) is 5.91 Å². The van der Waals surface area contributed by atoms with Gasteiger partial charge in [0, 0.05) is 0 Å². The zero-order chi connectivity index (χ0) is 10.1. The van der Waals surface area contributed by atoms with Crippen molar-refractivity contribution in [2.75, 3.05) is 18.9 Å². The molecule has 2 rings (SSSR count). The second kappa shape index (κ2) is 3.30. The Hall–Kier alpha value is -1.56. The molecule has 0 spiro atoms. The van der Waals surface area contributed by atoms with Gasteiger partial charge in [-0.3, -0.25) is 4.79 Å². The van der Waals surface area contributed by atoms with Crippen LogP contribution in [-0.2, 0) is 0 Å². The normalized spacial score (nSPS) is 15.1. The summed E-state index contributed by atoms with van der Waals surface area (Å²) in [5.41, 5.74) is 5.67. The van der Waals surface area contributed by atoms with Gasteiger partial charge in [-0.1, -0.05) is 0 Å². The van der Waals surface area contributed by atoms with Crippen molar-refractivity contribution in [1.82, 2.24) is 15.3 Å². The maximum absolute atomic E-state index is 11.4. The highest BCUT2D eigenvalue weighted by Crippen LogP contribution is 2.23. The van der Waals surface area contributed by atoms with Gasteiger partial charge in [-0.2, -0.15) is 9.97 Å². The fourth-order valence-corrected chi connectivity index (χ4v) is 1.32. The van der Waals surface area contributed by atoms with Crippen LogP contribution in [-0.4, -0.2) is 29.0 Å². The van der Waals surface area contributed by atoms with Crippen molar-refractivity contribution in [2.24, 2.45) is 0 Å². The third-order valence-corrected chi connectivity index (χ3v) is 1.90. The van der Waals surface area contributed by atoms with Crippen molar-refractivity contribution in [3.63, 3.8) is 0 Å². The number of ether oxygens (including phenoxy) is 1. The number of nitrogens with one attached hydrogen (secondary N) is 1. The Morgan fingerprint density at radius 1 is 1.50 bits per heavy atom. The zero-order valence-corrected chi connectivity index (χ0v) is 7.84. The van der Waals surface area contributed by atoms with Crippen LogP contribution in [0, 0.1) is 0 Å². The number of hydrogen-bond acceptors (Lipinski definition) is 5. The average Bonchev–Trinajstić information content (AvgIpc) is 2.27. The largest absolute Gasteiger partial charge is 0.475 e. The van der Waals surface area contributed by atoms with Crippen LogP contribution < -0.4 is 15.8 Å². The first-order valence-corrected chi connectivity index (χ1v) is 4.30. The number of anilines is 1. The molecule has 0 saturated heterocycles. The molecule has 0 bridgehead atoms. The molecule has 0 radical (unpaired) electrons. The number of carbonyl (C=O) groups excluding carboxylic acids is 1. The molecule has 0 aromatic carbocycles. The molecule has 3 N–H and O–H groups in total. The maximum atomic E-state index is 11.4. The molecule has 7 heteroatoms. The number of nitrogens with zero attached hydrogens (tertiary/aromatic N) is 2. The van der Waals surface area contributed by atoms with Gasteiger partial charge in [-0.25, -0.2) is 0 Å². The minimum Gasteiger partial charge on any atom is -0.475 e. The van der Waals surface area contributed by atoms with Gasteiger partial charge in [0.1, 0.15) is 18.0 Å². The van der Waals surface area contributed by atoms with E-state index >= 15 is 0 Å². The van der Waals surface area contributed by atoms with Crippen molar-refractivity contribution in [2.45, 2.75) is 0 Å². The highest BCUT2D eigenvalue weighted by molar-refractivity contribution is 6.28. The average molecular weight is 215 g/mol. The molecule has 6 nitrogen and oxygen atoms in total. The van der Waals surface area contributed by atoms with Gasteiger partial charge in [0.05, 0.1) is 6.54 Å². The molecule has 0 fully saturated rings. The van der Waals surface area contributed by atoms with E-state index in [-0.39, 0.29) is 28.5 Å². The highest BCUT2D eigenvalue weighted by atomic mass is 35.5. The zero-order valence-electron chi connectivity index (χ0n) is 7.08. The number of aromatic nitrogens is 2. The summed E-state index contributed by atoms with van der Waals surface area (Å²) in [6.45, 7) is 0.748. The Kier molecular flexibility index (Phi) is 2.12. The molecule has 2 heterocycles. The number of halogens is 1. The summed E-state index contributed by atoms with van der Waals surface area (Å²) < 4.78 is 5.18. The standard InChI is InChI=1S/C7H7ClN4O2/c8-7-11-4(9)3-5(13)10-1-2-14-6(3)12-7/h1-2H2,(H,10,13)(H2,9,11,12). The lowest BCUT2D eigenvalue weighted by Crippen LogP contribution is -2.25. The van der Waals surface area contributed by atoms with E-state index in [1.807, 2.05) is 0 Å². The quantitative estimate of drug-likeness (QED) is 0.586. The number of fused-ring (bicyclic) bond motifs is 1. The summed E-state index contributed by atoms with van der Waals surface area (Å²) in [7, 11) is 0. The first-order chi connectivity index (χ1) is 6.68. The van der Waals surface area contributed by atoms with Gasteiger partial charge in [-0.15, -0.1) is 0 Å². The van der Waals surface area contributed by atoms with E-state index in [1.165, 1.54) is 0 Å². The van der Waals surface area contributed by atoms with Gasteiger partial charge >= 0.3 is 0 Å². The molecule has 1 amide bonds. The summed E-state index contributed by atoms with van der Waals surface area (Å²) in [4.78, 5) is 18.9. The number of rotatable bonds is 0. The second-order valence-electron chi connectivity index (χ2n) is 2.66. The molecule has 0 atom stereocenters. The minimum absolute atomic E-state index is 0.0272. The Labute approximate surface area is 84.4 Å². The topological polar surface area (TPSA) is 90.1 Å². The van der Waals surface area contributed by atoms with E-state index in [0.29, 0.717) is 13.2 Å².